The van der Waals surface area contributed by atoms with Crippen molar-refractivity contribution >= 4 is 22.3 Å². The van der Waals surface area contributed by atoms with Gasteiger partial charge in [0.1, 0.15) is 22.1 Å². The number of esters is 1. The molecule has 5 nitrogen and oxygen atoms in total. The van der Waals surface area contributed by atoms with Crippen LogP contribution in [0.1, 0.15) is 22.2 Å². The number of rotatable bonds is 5. The van der Waals surface area contributed by atoms with Crippen LogP contribution in [0.3, 0.4) is 0 Å². The lowest BCUT2D eigenvalue weighted by Gasteiger charge is -2.12. The summed E-state index contributed by atoms with van der Waals surface area (Å²) in [6, 6.07) is 5.43. The summed E-state index contributed by atoms with van der Waals surface area (Å²) in [7, 11) is 3.17. The SMILES string of the molecule is CCOC(=O)c1c(N)sc(C)c1-c1cc(OC)ccc1OC. The number of carbonyl (C=O) groups excluding carboxylic acids is 1. The van der Waals surface area contributed by atoms with Gasteiger partial charge in [-0.05, 0) is 32.0 Å². The van der Waals surface area contributed by atoms with Gasteiger partial charge in [-0.2, -0.15) is 0 Å². The van der Waals surface area contributed by atoms with Gasteiger partial charge < -0.3 is 19.9 Å². The van der Waals surface area contributed by atoms with Crippen molar-refractivity contribution in [3.05, 3.63) is 28.6 Å². The van der Waals surface area contributed by atoms with Gasteiger partial charge in [0.25, 0.3) is 0 Å². The Morgan fingerprint density at radius 3 is 2.59 bits per heavy atom. The third-order valence-electron chi connectivity index (χ3n) is 3.27. The van der Waals surface area contributed by atoms with E-state index in [1.807, 2.05) is 13.0 Å². The Balaban J connectivity index is 2.69. The molecule has 1 heterocycles. The molecular weight excluding hydrogens is 302 g/mol. The van der Waals surface area contributed by atoms with Crippen LogP contribution in [-0.4, -0.2) is 26.8 Å². The summed E-state index contributed by atoms with van der Waals surface area (Å²) in [5.41, 5.74) is 7.90. The first kappa shape index (κ1) is 16.2. The molecule has 1 aromatic heterocycles. The van der Waals surface area contributed by atoms with Crippen molar-refractivity contribution in [1.82, 2.24) is 0 Å². The van der Waals surface area contributed by atoms with Crippen LogP contribution < -0.4 is 15.2 Å². The summed E-state index contributed by atoms with van der Waals surface area (Å²) in [4.78, 5) is 13.2. The van der Waals surface area contributed by atoms with Crippen molar-refractivity contribution in [2.75, 3.05) is 26.6 Å². The second kappa shape index (κ2) is 6.70. The highest BCUT2D eigenvalue weighted by Gasteiger charge is 2.25. The average molecular weight is 321 g/mol. The molecule has 2 rings (SSSR count). The molecule has 0 amide bonds. The van der Waals surface area contributed by atoms with Gasteiger partial charge in [-0.25, -0.2) is 4.79 Å². The first-order valence-corrected chi connectivity index (χ1v) is 7.63. The molecule has 2 N–H and O–H groups in total. The highest BCUT2D eigenvalue weighted by molar-refractivity contribution is 7.16. The summed E-state index contributed by atoms with van der Waals surface area (Å²) < 4.78 is 15.8. The standard InChI is InChI=1S/C16H19NO4S/c1-5-21-16(18)14-13(9(2)22-15(14)17)11-8-10(19-3)6-7-12(11)20-4/h6-8H,5,17H2,1-4H3. The molecule has 0 unspecified atom stereocenters. The summed E-state index contributed by atoms with van der Waals surface area (Å²) in [5.74, 6) is 0.895. The molecular formula is C16H19NO4S. The van der Waals surface area contributed by atoms with E-state index >= 15 is 0 Å². The highest BCUT2D eigenvalue weighted by Crippen LogP contribution is 2.43. The summed E-state index contributed by atoms with van der Waals surface area (Å²) in [6.07, 6.45) is 0. The molecule has 0 aliphatic heterocycles. The number of anilines is 1. The van der Waals surface area contributed by atoms with Gasteiger partial charge in [-0.3, -0.25) is 0 Å². The van der Waals surface area contributed by atoms with Crippen LogP contribution in [0.25, 0.3) is 11.1 Å². The lowest BCUT2D eigenvalue weighted by Crippen LogP contribution is -2.07. The molecule has 0 aliphatic carbocycles. The number of hydrogen-bond donors (Lipinski definition) is 1. The number of benzene rings is 1. The zero-order valence-electron chi connectivity index (χ0n) is 13.1. The number of thiophene rings is 1. The summed E-state index contributed by atoms with van der Waals surface area (Å²) in [6.45, 7) is 3.97. The van der Waals surface area contributed by atoms with Crippen LogP contribution in [0.5, 0.6) is 11.5 Å². The van der Waals surface area contributed by atoms with Crippen molar-refractivity contribution < 1.29 is 19.0 Å². The molecule has 0 spiro atoms. The summed E-state index contributed by atoms with van der Waals surface area (Å²) >= 11 is 1.36. The minimum absolute atomic E-state index is 0.294. The molecule has 0 saturated carbocycles. The molecule has 6 heteroatoms. The number of carbonyl (C=O) groups is 1. The molecule has 118 valence electrons. The highest BCUT2D eigenvalue weighted by atomic mass is 32.1. The maximum absolute atomic E-state index is 12.3. The molecule has 2 aromatic rings. The minimum Gasteiger partial charge on any atom is -0.497 e. The van der Waals surface area contributed by atoms with Crippen LogP contribution >= 0.6 is 11.3 Å². The zero-order valence-corrected chi connectivity index (χ0v) is 13.9. The lowest BCUT2D eigenvalue weighted by atomic mass is 10.00. The fourth-order valence-electron chi connectivity index (χ4n) is 2.31. The van der Waals surface area contributed by atoms with E-state index < -0.39 is 5.97 Å². The largest absolute Gasteiger partial charge is 0.497 e. The van der Waals surface area contributed by atoms with E-state index in [2.05, 4.69) is 0 Å². The maximum Gasteiger partial charge on any atom is 0.341 e. The van der Waals surface area contributed by atoms with Crippen LogP contribution in [0.4, 0.5) is 5.00 Å². The molecule has 0 radical (unpaired) electrons. The van der Waals surface area contributed by atoms with Crippen LogP contribution in [-0.2, 0) is 4.74 Å². The van der Waals surface area contributed by atoms with E-state index in [1.165, 1.54) is 11.3 Å². The first-order chi connectivity index (χ1) is 10.5. The Bertz CT molecular complexity index is 694. The number of methoxy groups -OCH3 is 2. The van der Waals surface area contributed by atoms with Gasteiger partial charge in [0.05, 0.1) is 20.8 Å². The van der Waals surface area contributed by atoms with E-state index in [0.29, 0.717) is 28.7 Å². The smallest absolute Gasteiger partial charge is 0.341 e. The molecule has 22 heavy (non-hydrogen) atoms. The first-order valence-electron chi connectivity index (χ1n) is 6.81. The quantitative estimate of drug-likeness (QED) is 0.853. The Kier molecular flexibility index (Phi) is 4.92. The number of nitrogens with two attached hydrogens (primary N) is 1. The Morgan fingerprint density at radius 1 is 1.27 bits per heavy atom. The fourth-order valence-corrected chi connectivity index (χ4v) is 3.24. The van der Waals surface area contributed by atoms with Crippen molar-refractivity contribution in [2.45, 2.75) is 13.8 Å². The van der Waals surface area contributed by atoms with E-state index in [9.17, 15) is 4.79 Å². The molecule has 0 bridgehead atoms. The molecule has 1 aromatic carbocycles. The van der Waals surface area contributed by atoms with Gasteiger partial charge in [-0.15, -0.1) is 11.3 Å². The molecule has 0 fully saturated rings. The number of hydrogen-bond acceptors (Lipinski definition) is 6. The topological polar surface area (TPSA) is 70.8 Å². The van der Waals surface area contributed by atoms with E-state index in [4.69, 9.17) is 19.9 Å². The van der Waals surface area contributed by atoms with Gasteiger partial charge >= 0.3 is 5.97 Å². The van der Waals surface area contributed by atoms with Crippen molar-refractivity contribution in [2.24, 2.45) is 0 Å². The van der Waals surface area contributed by atoms with Crippen molar-refractivity contribution in [3.63, 3.8) is 0 Å². The van der Waals surface area contributed by atoms with Gasteiger partial charge in [0.2, 0.25) is 0 Å². The second-order valence-electron chi connectivity index (χ2n) is 4.56. The van der Waals surface area contributed by atoms with Crippen molar-refractivity contribution in [3.8, 4) is 22.6 Å². The fraction of sp³-hybridized carbons (Fsp3) is 0.312. The predicted octanol–water partition coefficient (Wildman–Crippen LogP) is 3.50. The van der Waals surface area contributed by atoms with Crippen LogP contribution in [0.15, 0.2) is 18.2 Å². The minimum atomic E-state index is -0.427. The van der Waals surface area contributed by atoms with E-state index in [0.717, 1.165) is 16.0 Å². The third-order valence-corrected chi connectivity index (χ3v) is 4.20. The predicted molar refractivity (Wildman–Crippen MR) is 88.0 cm³/mol. The monoisotopic (exact) mass is 321 g/mol. The maximum atomic E-state index is 12.3. The van der Waals surface area contributed by atoms with E-state index in [1.54, 1.807) is 33.3 Å². The number of aryl methyl sites for hydroxylation is 1. The van der Waals surface area contributed by atoms with Crippen molar-refractivity contribution in [1.29, 1.82) is 0 Å². The van der Waals surface area contributed by atoms with Gasteiger partial charge in [-0.1, -0.05) is 0 Å². The normalized spacial score (nSPS) is 10.4. The van der Waals surface area contributed by atoms with Gasteiger partial charge in [0, 0.05) is 16.0 Å². The summed E-state index contributed by atoms with van der Waals surface area (Å²) in [5, 5.41) is 0.441. The van der Waals surface area contributed by atoms with E-state index in [-0.39, 0.29) is 0 Å². The second-order valence-corrected chi connectivity index (χ2v) is 5.82. The number of ether oxygens (including phenoxy) is 3. The molecule has 0 aliphatic rings. The average Bonchev–Trinajstić information content (AvgIpc) is 2.81. The lowest BCUT2D eigenvalue weighted by molar-refractivity contribution is 0.0529. The van der Waals surface area contributed by atoms with Crippen LogP contribution in [0.2, 0.25) is 0 Å². The Hall–Kier alpha value is -2.21. The number of nitrogen functional groups attached to an aromatic ring is 1. The Morgan fingerprint density at radius 2 is 2.00 bits per heavy atom. The third kappa shape index (κ3) is 2.87. The van der Waals surface area contributed by atoms with Gasteiger partial charge in [0.15, 0.2) is 0 Å². The molecule has 0 saturated heterocycles. The zero-order chi connectivity index (χ0) is 16.3. The Labute approximate surface area is 133 Å². The van der Waals surface area contributed by atoms with Crippen LogP contribution in [0, 0.1) is 6.92 Å². The molecule has 0 atom stereocenters.